The van der Waals surface area contributed by atoms with Crippen LogP contribution in [0.4, 0.5) is 5.69 Å². The molecule has 0 radical (unpaired) electrons. The third kappa shape index (κ3) is 3.84. The van der Waals surface area contributed by atoms with Gasteiger partial charge in [0.05, 0.1) is 12.8 Å². The number of hydrogen-bond acceptors (Lipinski definition) is 5. The van der Waals surface area contributed by atoms with Gasteiger partial charge in [0, 0.05) is 24.1 Å². The van der Waals surface area contributed by atoms with Crippen molar-refractivity contribution in [3.05, 3.63) is 72.6 Å². The van der Waals surface area contributed by atoms with E-state index in [0.717, 1.165) is 22.7 Å². The van der Waals surface area contributed by atoms with Crippen molar-refractivity contribution >= 4 is 11.6 Å². The van der Waals surface area contributed by atoms with Crippen LogP contribution in [0, 0.1) is 0 Å². The summed E-state index contributed by atoms with van der Waals surface area (Å²) >= 11 is 0. The van der Waals surface area contributed by atoms with Gasteiger partial charge in [0.25, 0.3) is 0 Å². The summed E-state index contributed by atoms with van der Waals surface area (Å²) in [6.07, 6.45) is 4.28. The number of nitrogens with zero attached hydrogens (tertiary/aromatic N) is 2. The maximum atomic E-state index is 12.6. The monoisotopic (exact) mass is 363 g/mol. The number of hydrogen-bond donors (Lipinski definition) is 3. The van der Waals surface area contributed by atoms with E-state index < -0.39 is 0 Å². The average molecular weight is 363 g/mol. The van der Waals surface area contributed by atoms with E-state index in [-0.39, 0.29) is 18.0 Å². The summed E-state index contributed by atoms with van der Waals surface area (Å²) in [5.41, 5.74) is 9.08. The van der Waals surface area contributed by atoms with E-state index in [1.54, 1.807) is 18.0 Å². The molecule has 2 aromatic carbocycles. The van der Waals surface area contributed by atoms with Crippen LogP contribution in [-0.2, 0) is 4.79 Å². The first-order chi connectivity index (χ1) is 13.2. The molecule has 2 unspecified atom stereocenters. The molecule has 1 aliphatic rings. The van der Waals surface area contributed by atoms with Gasteiger partial charge in [0.1, 0.15) is 11.8 Å². The van der Waals surface area contributed by atoms with E-state index in [0.29, 0.717) is 6.42 Å². The highest BCUT2D eigenvalue weighted by Gasteiger charge is 2.30. The van der Waals surface area contributed by atoms with Crippen LogP contribution in [0.15, 0.2) is 67.0 Å². The molecule has 3 N–H and O–H groups in total. The Hall–Kier alpha value is -3.16. The zero-order valence-electron chi connectivity index (χ0n) is 14.9. The predicted molar refractivity (Wildman–Crippen MR) is 103 cm³/mol. The fourth-order valence-corrected chi connectivity index (χ4v) is 3.13. The highest BCUT2D eigenvalue weighted by molar-refractivity contribution is 5.95. The van der Waals surface area contributed by atoms with Gasteiger partial charge < -0.3 is 10.1 Å². The first kappa shape index (κ1) is 17.3. The van der Waals surface area contributed by atoms with E-state index in [2.05, 4.69) is 21.3 Å². The quantitative estimate of drug-likeness (QED) is 0.649. The number of aromatic nitrogens is 2. The Balaban J connectivity index is 1.36. The Labute approximate surface area is 157 Å². The second kappa shape index (κ2) is 7.61. The number of nitrogens with one attached hydrogen (secondary N) is 3. The lowest BCUT2D eigenvalue weighted by Gasteiger charge is -2.11. The standard InChI is InChI=1S/C20H21N5O2/c1-27-17-9-3-14(4-10-17)18-13-19(24-23-18)20(26)22-15-5-7-16(8-6-15)25-12-2-11-21-25/h2-12,18-19,23-24H,13H2,1H3,(H,22,26). The number of methoxy groups -OCH3 is 1. The van der Waals surface area contributed by atoms with Crippen LogP contribution >= 0.6 is 0 Å². The fraction of sp³-hybridized carbons (Fsp3) is 0.200. The summed E-state index contributed by atoms with van der Waals surface area (Å²) in [6, 6.07) is 17.1. The molecule has 3 aromatic rings. The smallest absolute Gasteiger partial charge is 0.242 e. The van der Waals surface area contributed by atoms with Gasteiger partial charge in [-0.05, 0) is 54.4 Å². The number of anilines is 1. The molecule has 1 amide bonds. The van der Waals surface area contributed by atoms with E-state index in [4.69, 9.17) is 4.74 Å². The molecule has 2 heterocycles. The largest absolute Gasteiger partial charge is 0.497 e. The molecule has 7 heteroatoms. The second-order valence-electron chi connectivity index (χ2n) is 6.39. The van der Waals surface area contributed by atoms with Crippen molar-refractivity contribution in [2.24, 2.45) is 0 Å². The Kier molecular flexibility index (Phi) is 4.86. The minimum Gasteiger partial charge on any atom is -0.497 e. The molecule has 2 atom stereocenters. The Morgan fingerprint density at radius 3 is 2.59 bits per heavy atom. The predicted octanol–water partition coefficient (Wildman–Crippen LogP) is 2.43. The maximum absolute atomic E-state index is 12.6. The zero-order valence-corrected chi connectivity index (χ0v) is 14.9. The summed E-state index contributed by atoms with van der Waals surface area (Å²) in [5.74, 6) is 0.753. The molecule has 1 aliphatic heterocycles. The fourth-order valence-electron chi connectivity index (χ4n) is 3.13. The van der Waals surface area contributed by atoms with Crippen molar-refractivity contribution in [2.45, 2.75) is 18.5 Å². The molecule has 0 bridgehead atoms. The Morgan fingerprint density at radius 1 is 1.15 bits per heavy atom. The third-order valence-electron chi connectivity index (χ3n) is 4.64. The zero-order chi connectivity index (χ0) is 18.6. The molecule has 1 fully saturated rings. The van der Waals surface area contributed by atoms with Crippen LogP contribution in [-0.4, -0.2) is 28.8 Å². The molecule has 1 aromatic heterocycles. The van der Waals surface area contributed by atoms with Gasteiger partial charge >= 0.3 is 0 Å². The number of carbonyl (C=O) groups is 1. The molecule has 1 saturated heterocycles. The molecule has 0 saturated carbocycles. The number of amides is 1. The molecule has 4 rings (SSSR count). The van der Waals surface area contributed by atoms with Gasteiger partial charge in [-0.2, -0.15) is 5.10 Å². The van der Waals surface area contributed by atoms with Crippen molar-refractivity contribution in [2.75, 3.05) is 12.4 Å². The lowest BCUT2D eigenvalue weighted by atomic mass is 10.0. The van der Waals surface area contributed by atoms with Gasteiger partial charge in [-0.1, -0.05) is 12.1 Å². The lowest BCUT2D eigenvalue weighted by molar-refractivity contribution is -0.117. The van der Waals surface area contributed by atoms with Gasteiger partial charge in [-0.3, -0.25) is 4.79 Å². The van der Waals surface area contributed by atoms with Crippen LogP contribution in [0.5, 0.6) is 5.75 Å². The van der Waals surface area contributed by atoms with Crippen molar-refractivity contribution < 1.29 is 9.53 Å². The van der Waals surface area contributed by atoms with Crippen molar-refractivity contribution in [1.82, 2.24) is 20.6 Å². The number of hydrazine groups is 1. The van der Waals surface area contributed by atoms with Gasteiger partial charge in [0.15, 0.2) is 0 Å². The van der Waals surface area contributed by atoms with Gasteiger partial charge in [0.2, 0.25) is 5.91 Å². The highest BCUT2D eigenvalue weighted by atomic mass is 16.5. The maximum Gasteiger partial charge on any atom is 0.242 e. The Morgan fingerprint density at radius 2 is 1.93 bits per heavy atom. The van der Waals surface area contributed by atoms with Crippen molar-refractivity contribution in [3.8, 4) is 11.4 Å². The number of ether oxygens (including phenoxy) is 1. The van der Waals surface area contributed by atoms with E-state index in [9.17, 15) is 4.79 Å². The van der Waals surface area contributed by atoms with Crippen LogP contribution in [0.25, 0.3) is 5.69 Å². The molecule has 0 aliphatic carbocycles. The van der Waals surface area contributed by atoms with Crippen LogP contribution < -0.4 is 20.9 Å². The second-order valence-corrected chi connectivity index (χ2v) is 6.39. The minimum absolute atomic E-state index is 0.0645. The summed E-state index contributed by atoms with van der Waals surface area (Å²) in [4.78, 5) is 12.6. The van der Waals surface area contributed by atoms with Crippen LogP contribution in [0.2, 0.25) is 0 Å². The van der Waals surface area contributed by atoms with Gasteiger partial charge in [-0.15, -0.1) is 0 Å². The van der Waals surface area contributed by atoms with Crippen LogP contribution in [0.1, 0.15) is 18.0 Å². The van der Waals surface area contributed by atoms with E-state index >= 15 is 0 Å². The molecular weight excluding hydrogens is 342 g/mol. The number of carbonyl (C=O) groups excluding carboxylic acids is 1. The van der Waals surface area contributed by atoms with Crippen molar-refractivity contribution in [3.63, 3.8) is 0 Å². The Bertz CT molecular complexity index is 891. The lowest BCUT2D eigenvalue weighted by Crippen LogP contribution is -2.39. The number of benzene rings is 2. The first-order valence-corrected chi connectivity index (χ1v) is 8.79. The normalized spacial score (nSPS) is 19.0. The SMILES string of the molecule is COc1ccc(C2CC(C(=O)Nc3ccc(-n4cccn4)cc3)NN2)cc1. The van der Waals surface area contributed by atoms with Crippen molar-refractivity contribution in [1.29, 1.82) is 0 Å². The summed E-state index contributed by atoms with van der Waals surface area (Å²) in [5, 5.41) is 7.15. The summed E-state index contributed by atoms with van der Waals surface area (Å²) < 4.78 is 6.96. The molecule has 7 nitrogen and oxygen atoms in total. The van der Waals surface area contributed by atoms with E-state index in [1.165, 1.54) is 0 Å². The molecule has 27 heavy (non-hydrogen) atoms. The van der Waals surface area contributed by atoms with Crippen LogP contribution in [0.3, 0.4) is 0 Å². The topological polar surface area (TPSA) is 80.2 Å². The average Bonchev–Trinajstić information content (AvgIpc) is 3.41. The van der Waals surface area contributed by atoms with E-state index in [1.807, 2.05) is 60.8 Å². The number of rotatable bonds is 5. The first-order valence-electron chi connectivity index (χ1n) is 8.79. The molecule has 138 valence electrons. The molecular formula is C20H21N5O2. The third-order valence-corrected chi connectivity index (χ3v) is 4.64. The summed E-state index contributed by atoms with van der Waals surface area (Å²) in [6.45, 7) is 0. The van der Waals surface area contributed by atoms with Gasteiger partial charge in [-0.25, -0.2) is 15.5 Å². The minimum atomic E-state index is -0.303. The highest BCUT2D eigenvalue weighted by Crippen LogP contribution is 2.25. The summed E-state index contributed by atoms with van der Waals surface area (Å²) in [7, 11) is 1.65. The molecule has 0 spiro atoms.